The lowest BCUT2D eigenvalue weighted by atomic mass is 9.87. The smallest absolute Gasteiger partial charge is 0.0636 e. The van der Waals surface area contributed by atoms with Crippen LogP contribution in [0.1, 0.15) is 45.4 Å². The number of aliphatic hydroxyl groups is 1. The summed E-state index contributed by atoms with van der Waals surface area (Å²) < 4.78 is 0. The Morgan fingerprint density at radius 1 is 1.31 bits per heavy atom. The maximum atomic E-state index is 9.03. The van der Waals surface area contributed by atoms with Gasteiger partial charge in [-0.05, 0) is 25.8 Å². The fraction of sp³-hybridized carbons (Fsp3) is 1.00. The average Bonchev–Trinajstić information content (AvgIpc) is 2.14. The highest BCUT2D eigenvalue weighted by Crippen LogP contribution is 2.25. The summed E-state index contributed by atoms with van der Waals surface area (Å²) in [6.07, 6.45) is 8.26. The number of hydrogen-bond donors (Lipinski definition) is 2. The molecule has 1 aliphatic carbocycles. The highest BCUT2D eigenvalue weighted by molar-refractivity contribution is 4.67. The number of nitrogens with one attached hydrogen (secondary N) is 1. The monoisotopic (exact) mass is 185 g/mol. The van der Waals surface area contributed by atoms with E-state index in [4.69, 9.17) is 5.11 Å². The molecular formula is C11H23NO. The molecule has 1 atom stereocenters. The Kier molecular flexibility index (Phi) is 5.40. The van der Waals surface area contributed by atoms with E-state index in [-0.39, 0.29) is 6.10 Å². The summed E-state index contributed by atoms with van der Waals surface area (Å²) in [6, 6.07) is 0. The molecule has 0 bridgehead atoms. The Labute approximate surface area is 81.7 Å². The minimum absolute atomic E-state index is 0.202. The molecule has 0 saturated heterocycles. The Morgan fingerprint density at radius 3 is 2.62 bits per heavy atom. The predicted octanol–water partition coefficient (Wildman–Crippen LogP) is 1.93. The van der Waals surface area contributed by atoms with E-state index >= 15 is 0 Å². The van der Waals surface area contributed by atoms with Crippen molar-refractivity contribution in [3.05, 3.63) is 0 Å². The highest BCUT2D eigenvalue weighted by atomic mass is 16.3. The molecule has 1 fully saturated rings. The minimum atomic E-state index is -0.202. The maximum absolute atomic E-state index is 9.03. The van der Waals surface area contributed by atoms with Crippen LogP contribution in [0.25, 0.3) is 0 Å². The molecule has 0 amide bonds. The van der Waals surface area contributed by atoms with Gasteiger partial charge >= 0.3 is 0 Å². The van der Waals surface area contributed by atoms with E-state index in [0.717, 1.165) is 19.0 Å². The molecule has 0 heterocycles. The summed E-state index contributed by atoms with van der Waals surface area (Å²) in [6.45, 7) is 3.65. The molecule has 1 rings (SSSR count). The van der Waals surface area contributed by atoms with Gasteiger partial charge in [0.15, 0.2) is 0 Å². The van der Waals surface area contributed by atoms with Gasteiger partial charge in [-0.25, -0.2) is 0 Å². The lowest BCUT2D eigenvalue weighted by molar-refractivity contribution is 0.189. The first-order valence-electron chi connectivity index (χ1n) is 5.68. The number of hydrogen-bond acceptors (Lipinski definition) is 2. The van der Waals surface area contributed by atoms with Gasteiger partial charge in [-0.3, -0.25) is 0 Å². The van der Waals surface area contributed by atoms with Crippen LogP contribution >= 0.6 is 0 Å². The molecule has 0 aromatic carbocycles. The fourth-order valence-corrected chi connectivity index (χ4v) is 2.09. The average molecular weight is 185 g/mol. The first kappa shape index (κ1) is 11.0. The van der Waals surface area contributed by atoms with E-state index < -0.39 is 0 Å². The zero-order valence-corrected chi connectivity index (χ0v) is 8.76. The third-order valence-electron chi connectivity index (χ3n) is 2.89. The van der Waals surface area contributed by atoms with Gasteiger partial charge < -0.3 is 10.4 Å². The van der Waals surface area contributed by atoms with Gasteiger partial charge in [0, 0.05) is 6.54 Å². The second-order valence-electron chi connectivity index (χ2n) is 4.35. The molecule has 1 saturated carbocycles. The van der Waals surface area contributed by atoms with E-state index in [9.17, 15) is 0 Å². The van der Waals surface area contributed by atoms with Crippen molar-refractivity contribution >= 4 is 0 Å². The van der Waals surface area contributed by atoms with E-state index in [2.05, 4.69) is 5.32 Å². The molecule has 2 nitrogen and oxygen atoms in total. The van der Waals surface area contributed by atoms with Crippen molar-refractivity contribution in [2.24, 2.45) is 5.92 Å². The van der Waals surface area contributed by atoms with Crippen molar-refractivity contribution in [3.63, 3.8) is 0 Å². The Bertz CT molecular complexity index is 119. The quantitative estimate of drug-likeness (QED) is 0.641. The van der Waals surface area contributed by atoms with Gasteiger partial charge in [0.1, 0.15) is 0 Å². The predicted molar refractivity (Wildman–Crippen MR) is 55.7 cm³/mol. The van der Waals surface area contributed by atoms with E-state index in [1.54, 1.807) is 0 Å². The Balaban J connectivity index is 1.92. The SMILES string of the molecule is CC(O)CNCCC1CCCCC1. The summed E-state index contributed by atoms with van der Waals surface area (Å²) in [5.74, 6) is 0.954. The third-order valence-corrected chi connectivity index (χ3v) is 2.89. The van der Waals surface area contributed by atoms with Crippen LogP contribution in [0.4, 0.5) is 0 Å². The van der Waals surface area contributed by atoms with Crippen LogP contribution in [0, 0.1) is 5.92 Å². The van der Waals surface area contributed by atoms with Crippen LogP contribution in [0.3, 0.4) is 0 Å². The van der Waals surface area contributed by atoms with Crippen LogP contribution in [-0.4, -0.2) is 24.3 Å². The number of aliphatic hydroxyl groups excluding tert-OH is 1. The Hall–Kier alpha value is -0.0800. The van der Waals surface area contributed by atoms with E-state index in [0.29, 0.717) is 0 Å². The van der Waals surface area contributed by atoms with Gasteiger partial charge in [-0.15, -0.1) is 0 Å². The lowest BCUT2D eigenvalue weighted by Gasteiger charge is -2.21. The molecule has 78 valence electrons. The second kappa shape index (κ2) is 6.39. The van der Waals surface area contributed by atoms with Gasteiger partial charge in [-0.2, -0.15) is 0 Å². The summed E-state index contributed by atoms with van der Waals surface area (Å²) in [5.41, 5.74) is 0. The van der Waals surface area contributed by atoms with Crippen LogP contribution in [0.2, 0.25) is 0 Å². The van der Waals surface area contributed by atoms with Gasteiger partial charge in [0.25, 0.3) is 0 Å². The molecule has 1 aliphatic rings. The van der Waals surface area contributed by atoms with Crippen LogP contribution in [0.5, 0.6) is 0 Å². The molecule has 13 heavy (non-hydrogen) atoms. The summed E-state index contributed by atoms with van der Waals surface area (Å²) in [4.78, 5) is 0. The molecule has 0 aromatic heterocycles. The number of rotatable bonds is 5. The van der Waals surface area contributed by atoms with E-state index in [1.807, 2.05) is 6.92 Å². The lowest BCUT2D eigenvalue weighted by Crippen LogP contribution is -2.26. The summed E-state index contributed by atoms with van der Waals surface area (Å²) >= 11 is 0. The zero-order valence-electron chi connectivity index (χ0n) is 8.76. The van der Waals surface area contributed by atoms with E-state index in [1.165, 1.54) is 38.5 Å². The van der Waals surface area contributed by atoms with Crippen molar-refractivity contribution in [1.29, 1.82) is 0 Å². The fourth-order valence-electron chi connectivity index (χ4n) is 2.09. The van der Waals surface area contributed by atoms with Gasteiger partial charge in [0.05, 0.1) is 6.10 Å². The summed E-state index contributed by atoms with van der Waals surface area (Å²) in [5, 5.41) is 12.3. The third kappa shape index (κ3) is 5.27. The van der Waals surface area contributed by atoms with Crippen molar-refractivity contribution in [2.45, 2.75) is 51.6 Å². The minimum Gasteiger partial charge on any atom is -0.392 e. The van der Waals surface area contributed by atoms with Crippen molar-refractivity contribution < 1.29 is 5.11 Å². The molecule has 2 heteroatoms. The normalized spacial score (nSPS) is 21.7. The first-order chi connectivity index (χ1) is 6.29. The second-order valence-corrected chi connectivity index (χ2v) is 4.35. The standard InChI is InChI=1S/C11H23NO/c1-10(13)9-12-8-7-11-5-3-2-4-6-11/h10-13H,2-9H2,1H3. The van der Waals surface area contributed by atoms with Crippen molar-refractivity contribution in [3.8, 4) is 0 Å². The first-order valence-corrected chi connectivity index (χ1v) is 5.68. The molecule has 0 radical (unpaired) electrons. The van der Waals surface area contributed by atoms with Crippen LogP contribution < -0.4 is 5.32 Å². The summed E-state index contributed by atoms with van der Waals surface area (Å²) in [7, 11) is 0. The van der Waals surface area contributed by atoms with Crippen molar-refractivity contribution in [1.82, 2.24) is 5.32 Å². The molecular weight excluding hydrogens is 162 g/mol. The highest BCUT2D eigenvalue weighted by Gasteiger charge is 2.12. The zero-order chi connectivity index (χ0) is 9.52. The largest absolute Gasteiger partial charge is 0.392 e. The Morgan fingerprint density at radius 2 is 2.00 bits per heavy atom. The molecule has 2 N–H and O–H groups in total. The van der Waals surface area contributed by atoms with Gasteiger partial charge in [0.2, 0.25) is 0 Å². The molecule has 1 unspecified atom stereocenters. The topological polar surface area (TPSA) is 32.3 Å². The van der Waals surface area contributed by atoms with Gasteiger partial charge in [-0.1, -0.05) is 32.1 Å². The van der Waals surface area contributed by atoms with Crippen molar-refractivity contribution in [2.75, 3.05) is 13.1 Å². The van der Waals surface area contributed by atoms with Crippen LogP contribution in [-0.2, 0) is 0 Å². The molecule has 0 aromatic rings. The molecule has 0 aliphatic heterocycles. The van der Waals surface area contributed by atoms with Crippen LogP contribution in [0.15, 0.2) is 0 Å². The maximum Gasteiger partial charge on any atom is 0.0636 e. The molecule has 0 spiro atoms.